The molecule has 4 nitrogen and oxygen atoms in total. The Hall–Kier alpha value is -1.58. The molecule has 2 heterocycles. The van der Waals surface area contributed by atoms with Gasteiger partial charge in [0.25, 0.3) is 0 Å². The van der Waals surface area contributed by atoms with Crippen molar-refractivity contribution < 1.29 is 0 Å². The highest BCUT2D eigenvalue weighted by molar-refractivity contribution is 5.75. The molecule has 0 atom stereocenters. The van der Waals surface area contributed by atoms with E-state index in [-0.39, 0.29) is 5.41 Å². The highest BCUT2D eigenvalue weighted by atomic mass is 15.0. The van der Waals surface area contributed by atoms with E-state index < -0.39 is 0 Å². The largest absolute Gasteiger partial charge is 0.239 e. The third-order valence-electron chi connectivity index (χ3n) is 2.62. The second-order valence-electron chi connectivity index (χ2n) is 5.59. The number of hydrogen-bond acceptors (Lipinski definition) is 4. The summed E-state index contributed by atoms with van der Waals surface area (Å²) in [5.74, 6) is 1.17. The van der Waals surface area contributed by atoms with Crippen LogP contribution in [0, 0.1) is 0 Å². The summed E-state index contributed by atoms with van der Waals surface area (Å²) in [5, 5.41) is 0. The van der Waals surface area contributed by atoms with Crippen molar-refractivity contribution in [3.63, 3.8) is 0 Å². The Kier molecular flexibility index (Phi) is 2.81. The van der Waals surface area contributed by atoms with Gasteiger partial charge in [-0.1, -0.05) is 34.6 Å². The van der Waals surface area contributed by atoms with Crippen LogP contribution in [0.2, 0.25) is 0 Å². The normalized spacial score (nSPS) is 12.4. The zero-order valence-corrected chi connectivity index (χ0v) is 11.0. The van der Waals surface area contributed by atoms with Gasteiger partial charge in [0, 0.05) is 5.41 Å². The average Bonchev–Trinajstić information content (AvgIpc) is 2.26. The molecule has 2 aromatic heterocycles. The van der Waals surface area contributed by atoms with Gasteiger partial charge in [0.15, 0.2) is 0 Å². The fourth-order valence-corrected chi connectivity index (χ4v) is 1.66. The molecule has 0 radical (unpaired) electrons. The van der Waals surface area contributed by atoms with Gasteiger partial charge < -0.3 is 0 Å². The van der Waals surface area contributed by atoms with Gasteiger partial charge in [-0.15, -0.1) is 0 Å². The Morgan fingerprint density at radius 3 is 2.35 bits per heavy atom. The van der Waals surface area contributed by atoms with Crippen LogP contribution < -0.4 is 0 Å². The Morgan fingerprint density at radius 1 is 1.06 bits per heavy atom. The van der Waals surface area contributed by atoms with E-state index in [1.807, 2.05) is 0 Å². The lowest BCUT2D eigenvalue weighted by molar-refractivity contribution is 0.547. The lowest BCUT2D eigenvalue weighted by Gasteiger charge is -2.17. The Bertz CT molecular complexity index is 541. The van der Waals surface area contributed by atoms with Crippen LogP contribution in [0.15, 0.2) is 12.5 Å². The van der Waals surface area contributed by atoms with E-state index >= 15 is 0 Å². The van der Waals surface area contributed by atoms with Crippen molar-refractivity contribution in [3.05, 3.63) is 24.0 Å². The quantitative estimate of drug-likeness (QED) is 0.756. The molecule has 17 heavy (non-hydrogen) atoms. The summed E-state index contributed by atoms with van der Waals surface area (Å²) in [6.45, 7) is 10.5. The maximum atomic E-state index is 4.63. The number of aromatic nitrogens is 4. The zero-order valence-electron chi connectivity index (χ0n) is 11.0. The summed E-state index contributed by atoms with van der Waals surface area (Å²) in [4.78, 5) is 17.5. The fourth-order valence-electron chi connectivity index (χ4n) is 1.66. The molecule has 0 spiro atoms. The van der Waals surface area contributed by atoms with Gasteiger partial charge in [0.05, 0.1) is 11.9 Å². The number of nitrogens with zero attached hydrogens (tertiary/aromatic N) is 4. The minimum Gasteiger partial charge on any atom is -0.239 e. The van der Waals surface area contributed by atoms with Crippen LogP contribution in [0.4, 0.5) is 0 Å². The second-order valence-corrected chi connectivity index (χ2v) is 5.59. The monoisotopic (exact) mass is 230 g/mol. The van der Waals surface area contributed by atoms with Crippen LogP contribution in [0.3, 0.4) is 0 Å². The SMILES string of the molecule is CC(C)c1ncnc2cnc(C(C)(C)C)nc12. The van der Waals surface area contributed by atoms with Crippen LogP contribution in [0.25, 0.3) is 11.0 Å². The molecule has 0 aliphatic carbocycles. The maximum absolute atomic E-state index is 4.63. The van der Waals surface area contributed by atoms with Crippen molar-refractivity contribution >= 4 is 11.0 Å². The van der Waals surface area contributed by atoms with Crippen molar-refractivity contribution in [1.82, 2.24) is 19.9 Å². The Balaban J connectivity index is 2.70. The molecule has 0 saturated heterocycles. The molecule has 2 aromatic rings. The molecule has 0 bridgehead atoms. The fraction of sp³-hybridized carbons (Fsp3) is 0.538. The molecular weight excluding hydrogens is 212 g/mol. The smallest absolute Gasteiger partial charge is 0.134 e. The first-order valence-electron chi connectivity index (χ1n) is 5.87. The number of rotatable bonds is 1. The summed E-state index contributed by atoms with van der Waals surface area (Å²) in [6, 6.07) is 0. The van der Waals surface area contributed by atoms with E-state index in [0.717, 1.165) is 22.6 Å². The van der Waals surface area contributed by atoms with E-state index in [0.29, 0.717) is 5.92 Å². The van der Waals surface area contributed by atoms with E-state index in [1.54, 1.807) is 12.5 Å². The molecule has 0 unspecified atom stereocenters. The van der Waals surface area contributed by atoms with Gasteiger partial charge in [-0.3, -0.25) is 0 Å². The number of hydrogen-bond donors (Lipinski definition) is 0. The minimum atomic E-state index is -0.0573. The van der Waals surface area contributed by atoms with Crippen LogP contribution in [-0.2, 0) is 5.41 Å². The van der Waals surface area contributed by atoms with Gasteiger partial charge in [-0.05, 0) is 5.92 Å². The summed E-state index contributed by atoms with van der Waals surface area (Å²) < 4.78 is 0. The Labute approximate surface area is 102 Å². The van der Waals surface area contributed by atoms with E-state index in [1.165, 1.54) is 0 Å². The summed E-state index contributed by atoms with van der Waals surface area (Å²) in [7, 11) is 0. The van der Waals surface area contributed by atoms with E-state index in [9.17, 15) is 0 Å². The first kappa shape index (κ1) is 11.9. The zero-order chi connectivity index (χ0) is 12.6. The predicted octanol–water partition coefficient (Wildman–Crippen LogP) is 2.84. The summed E-state index contributed by atoms with van der Waals surface area (Å²) >= 11 is 0. The van der Waals surface area contributed by atoms with Crippen molar-refractivity contribution in [2.45, 2.75) is 46.0 Å². The third-order valence-corrected chi connectivity index (χ3v) is 2.62. The van der Waals surface area contributed by atoms with E-state index in [4.69, 9.17) is 0 Å². The molecule has 0 amide bonds. The minimum absolute atomic E-state index is 0.0573. The molecular formula is C13H18N4. The lowest BCUT2D eigenvalue weighted by atomic mass is 9.95. The molecule has 0 aliphatic rings. The van der Waals surface area contributed by atoms with Crippen LogP contribution in [-0.4, -0.2) is 19.9 Å². The molecule has 0 aliphatic heterocycles. The van der Waals surface area contributed by atoms with E-state index in [2.05, 4.69) is 54.6 Å². The van der Waals surface area contributed by atoms with Crippen molar-refractivity contribution in [2.24, 2.45) is 0 Å². The molecule has 0 aromatic carbocycles. The lowest BCUT2D eigenvalue weighted by Crippen LogP contribution is -2.16. The molecule has 0 N–H and O–H groups in total. The molecule has 2 rings (SSSR count). The molecule has 90 valence electrons. The van der Waals surface area contributed by atoms with Gasteiger partial charge >= 0.3 is 0 Å². The maximum Gasteiger partial charge on any atom is 0.134 e. The predicted molar refractivity (Wildman–Crippen MR) is 67.9 cm³/mol. The van der Waals surface area contributed by atoms with Crippen molar-refractivity contribution in [2.75, 3.05) is 0 Å². The van der Waals surface area contributed by atoms with Gasteiger partial charge in [0.1, 0.15) is 23.2 Å². The van der Waals surface area contributed by atoms with Crippen LogP contribution in [0.1, 0.15) is 52.1 Å². The first-order valence-corrected chi connectivity index (χ1v) is 5.87. The van der Waals surface area contributed by atoms with Crippen LogP contribution >= 0.6 is 0 Å². The first-order chi connectivity index (χ1) is 7.89. The molecule has 4 heteroatoms. The highest BCUT2D eigenvalue weighted by Gasteiger charge is 2.19. The molecule has 0 saturated carbocycles. The second kappa shape index (κ2) is 4.02. The van der Waals surface area contributed by atoms with Crippen LogP contribution in [0.5, 0.6) is 0 Å². The van der Waals surface area contributed by atoms with Crippen molar-refractivity contribution in [3.8, 4) is 0 Å². The Morgan fingerprint density at radius 2 is 1.76 bits per heavy atom. The van der Waals surface area contributed by atoms with Crippen molar-refractivity contribution in [1.29, 1.82) is 0 Å². The highest BCUT2D eigenvalue weighted by Crippen LogP contribution is 2.23. The van der Waals surface area contributed by atoms with Gasteiger partial charge in [-0.25, -0.2) is 19.9 Å². The summed E-state index contributed by atoms with van der Waals surface area (Å²) in [5.41, 5.74) is 2.63. The summed E-state index contributed by atoms with van der Waals surface area (Å²) in [6.07, 6.45) is 3.37. The topological polar surface area (TPSA) is 51.6 Å². The molecule has 0 fully saturated rings. The van der Waals surface area contributed by atoms with Gasteiger partial charge in [-0.2, -0.15) is 0 Å². The third kappa shape index (κ3) is 2.25. The number of fused-ring (bicyclic) bond motifs is 1. The standard InChI is InChI=1S/C13H18N4/c1-8(2)10-11-9(15-7-16-10)6-14-12(17-11)13(3,4)5/h6-8H,1-5H3. The van der Waals surface area contributed by atoms with Gasteiger partial charge in [0.2, 0.25) is 0 Å². The average molecular weight is 230 g/mol.